The van der Waals surface area contributed by atoms with Gasteiger partial charge in [-0.05, 0) is 55.7 Å². The van der Waals surface area contributed by atoms with Gasteiger partial charge >= 0.3 is 11.9 Å². The largest absolute Gasteiger partial charge is 0.481 e. The lowest BCUT2D eigenvalue weighted by Crippen LogP contribution is -2.54. The molecule has 0 unspecified atom stereocenters. The van der Waals surface area contributed by atoms with Crippen molar-refractivity contribution in [3.8, 4) is 11.4 Å². The molecule has 1 saturated carbocycles. The molecule has 10 nitrogen and oxygen atoms in total. The number of carboxylic acid groups (broad SMARTS) is 2. The van der Waals surface area contributed by atoms with Gasteiger partial charge in [0.15, 0.2) is 0 Å². The van der Waals surface area contributed by atoms with Gasteiger partial charge in [0.25, 0.3) is 0 Å². The highest BCUT2D eigenvalue weighted by molar-refractivity contribution is 5.73. The summed E-state index contributed by atoms with van der Waals surface area (Å²) in [5, 5.41) is 35.4. The highest BCUT2D eigenvalue weighted by Crippen LogP contribution is 2.39. The molecule has 2 aliphatic heterocycles. The number of hydrogen-bond donors (Lipinski definition) is 3. The Bertz CT molecular complexity index is 998. The van der Waals surface area contributed by atoms with Crippen molar-refractivity contribution in [2.24, 2.45) is 17.8 Å². The summed E-state index contributed by atoms with van der Waals surface area (Å²) in [6.07, 6.45) is 4.06. The average molecular weight is 455 g/mol. The monoisotopic (exact) mass is 454 g/mol. The number of hydrogen-bond acceptors (Lipinski definition) is 7. The fourth-order valence-corrected chi connectivity index (χ4v) is 5.89. The SMILES string of the molecule is O=C(O)[C@@H]1C[C@@H](n2nnc(-c3ccccc3)n2)CN([C@H]2CC[C@H]3CN[C@H](C(=O)O)C[C@H]3C2)C1. The molecule has 0 amide bonds. The van der Waals surface area contributed by atoms with Crippen LogP contribution in [0.3, 0.4) is 0 Å². The molecule has 176 valence electrons. The van der Waals surface area contributed by atoms with Crippen molar-refractivity contribution in [1.29, 1.82) is 0 Å². The number of fused-ring (bicyclic) bond motifs is 1. The minimum absolute atomic E-state index is 0.165. The normalized spacial score (nSPS) is 32.7. The van der Waals surface area contributed by atoms with Crippen molar-refractivity contribution in [1.82, 2.24) is 30.4 Å². The lowest BCUT2D eigenvalue weighted by molar-refractivity contribution is -0.146. The smallest absolute Gasteiger partial charge is 0.320 e. The van der Waals surface area contributed by atoms with E-state index in [0.717, 1.165) is 31.4 Å². The number of likely N-dealkylation sites (tertiary alicyclic amines) is 1. The van der Waals surface area contributed by atoms with Crippen LogP contribution in [-0.4, -0.2) is 79.0 Å². The van der Waals surface area contributed by atoms with E-state index in [1.165, 1.54) is 0 Å². The lowest BCUT2D eigenvalue weighted by atomic mass is 9.71. The van der Waals surface area contributed by atoms with E-state index < -0.39 is 23.9 Å². The molecule has 3 fully saturated rings. The number of tetrazole rings is 1. The van der Waals surface area contributed by atoms with Crippen LogP contribution in [0, 0.1) is 17.8 Å². The van der Waals surface area contributed by atoms with Crippen LogP contribution in [0.4, 0.5) is 0 Å². The number of aromatic nitrogens is 4. The first-order valence-corrected chi connectivity index (χ1v) is 11.8. The molecule has 2 saturated heterocycles. The van der Waals surface area contributed by atoms with Gasteiger partial charge in [0.05, 0.1) is 12.0 Å². The number of nitrogens with one attached hydrogen (secondary N) is 1. The molecule has 1 aromatic carbocycles. The minimum atomic E-state index is -0.797. The molecule has 5 rings (SSSR count). The average Bonchev–Trinajstić information content (AvgIpc) is 3.34. The van der Waals surface area contributed by atoms with Gasteiger partial charge in [0.2, 0.25) is 5.82 Å². The van der Waals surface area contributed by atoms with Gasteiger partial charge in [-0.25, -0.2) is 0 Å². The first-order valence-electron chi connectivity index (χ1n) is 11.8. The van der Waals surface area contributed by atoms with Crippen molar-refractivity contribution < 1.29 is 19.8 Å². The molecule has 0 bridgehead atoms. The van der Waals surface area contributed by atoms with Crippen LogP contribution in [0.25, 0.3) is 11.4 Å². The van der Waals surface area contributed by atoms with Gasteiger partial charge in [-0.15, -0.1) is 10.2 Å². The zero-order chi connectivity index (χ0) is 22.9. The standard InChI is InChI=1S/C23H30N6O4/c30-22(31)17-9-19(29-26-21(25-27-29)14-4-2-1-3-5-14)13-28(12-17)18-7-6-15-11-24-20(23(32)33)10-16(15)8-18/h1-5,15-20,24H,6-13H2,(H,30,31)(H,32,33)/t15-,16+,17+,18-,19+,20-/m0/s1. The predicted molar refractivity (Wildman–Crippen MR) is 118 cm³/mol. The predicted octanol–water partition coefficient (Wildman–Crippen LogP) is 1.52. The molecule has 2 aromatic rings. The fraction of sp³-hybridized carbons (Fsp3) is 0.609. The maximum Gasteiger partial charge on any atom is 0.320 e. The van der Waals surface area contributed by atoms with E-state index in [4.69, 9.17) is 0 Å². The minimum Gasteiger partial charge on any atom is -0.481 e. The van der Waals surface area contributed by atoms with E-state index in [9.17, 15) is 19.8 Å². The summed E-state index contributed by atoms with van der Waals surface area (Å²) in [4.78, 5) is 27.3. The van der Waals surface area contributed by atoms with Gasteiger partial charge in [-0.2, -0.15) is 4.80 Å². The number of benzene rings is 1. The summed E-state index contributed by atoms with van der Waals surface area (Å²) in [6, 6.07) is 9.23. The molecule has 3 heterocycles. The van der Waals surface area contributed by atoms with E-state index in [2.05, 4.69) is 25.6 Å². The van der Waals surface area contributed by atoms with Gasteiger partial charge < -0.3 is 15.5 Å². The van der Waals surface area contributed by atoms with Crippen molar-refractivity contribution >= 4 is 11.9 Å². The number of piperidine rings is 2. The Kier molecular flexibility index (Phi) is 6.11. The molecule has 1 aliphatic carbocycles. The fourth-order valence-electron chi connectivity index (χ4n) is 5.89. The summed E-state index contributed by atoms with van der Waals surface area (Å²) < 4.78 is 0. The molecule has 1 aromatic heterocycles. The Hall–Kier alpha value is -2.85. The van der Waals surface area contributed by atoms with Crippen molar-refractivity contribution in [3.05, 3.63) is 30.3 Å². The second-order valence-corrected chi connectivity index (χ2v) is 9.70. The second kappa shape index (κ2) is 9.18. The Labute approximate surface area is 192 Å². The topological polar surface area (TPSA) is 133 Å². The van der Waals surface area contributed by atoms with Crippen LogP contribution in [0.15, 0.2) is 30.3 Å². The maximum atomic E-state index is 12.0. The molecule has 3 N–H and O–H groups in total. The van der Waals surface area contributed by atoms with Gasteiger partial charge in [-0.3, -0.25) is 14.5 Å². The molecule has 0 spiro atoms. The quantitative estimate of drug-likeness (QED) is 0.615. The maximum absolute atomic E-state index is 12.0. The van der Waals surface area contributed by atoms with E-state index in [0.29, 0.717) is 43.6 Å². The molecular weight excluding hydrogens is 424 g/mol. The Morgan fingerprint density at radius 1 is 0.939 bits per heavy atom. The molecule has 0 radical (unpaired) electrons. The summed E-state index contributed by atoms with van der Waals surface area (Å²) in [5.74, 6) is -0.690. The van der Waals surface area contributed by atoms with Crippen molar-refractivity contribution in [3.63, 3.8) is 0 Å². The van der Waals surface area contributed by atoms with Crippen molar-refractivity contribution in [2.45, 2.75) is 50.2 Å². The summed E-state index contributed by atoms with van der Waals surface area (Å²) in [6.45, 7) is 1.94. The van der Waals surface area contributed by atoms with E-state index in [1.54, 1.807) is 4.80 Å². The van der Waals surface area contributed by atoms with Gasteiger partial charge in [0, 0.05) is 24.7 Å². The first kappa shape index (κ1) is 22.0. The number of rotatable bonds is 5. The first-order chi connectivity index (χ1) is 16.0. The third kappa shape index (κ3) is 4.63. The van der Waals surface area contributed by atoms with Crippen LogP contribution in [-0.2, 0) is 9.59 Å². The van der Waals surface area contributed by atoms with Crippen LogP contribution >= 0.6 is 0 Å². The number of carboxylic acids is 2. The highest BCUT2D eigenvalue weighted by atomic mass is 16.4. The van der Waals surface area contributed by atoms with Crippen LogP contribution < -0.4 is 5.32 Å². The van der Waals surface area contributed by atoms with Gasteiger partial charge in [0.1, 0.15) is 6.04 Å². The van der Waals surface area contributed by atoms with Crippen LogP contribution in [0.5, 0.6) is 0 Å². The van der Waals surface area contributed by atoms with Crippen LogP contribution in [0.1, 0.15) is 38.1 Å². The highest BCUT2D eigenvalue weighted by Gasteiger charge is 2.42. The van der Waals surface area contributed by atoms with Crippen molar-refractivity contribution in [2.75, 3.05) is 19.6 Å². The lowest BCUT2D eigenvalue weighted by Gasteiger charge is -2.47. The Balaban J connectivity index is 1.31. The summed E-state index contributed by atoms with van der Waals surface area (Å²) in [5.41, 5.74) is 0.878. The molecule has 33 heavy (non-hydrogen) atoms. The molecule has 3 aliphatic rings. The summed E-state index contributed by atoms with van der Waals surface area (Å²) >= 11 is 0. The van der Waals surface area contributed by atoms with Gasteiger partial charge in [-0.1, -0.05) is 30.3 Å². The summed E-state index contributed by atoms with van der Waals surface area (Å²) in [7, 11) is 0. The second-order valence-electron chi connectivity index (χ2n) is 9.70. The van der Waals surface area contributed by atoms with Crippen LogP contribution in [0.2, 0.25) is 0 Å². The third-order valence-corrected chi connectivity index (χ3v) is 7.68. The Morgan fingerprint density at radius 3 is 2.52 bits per heavy atom. The zero-order valence-electron chi connectivity index (χ0n) is 18.5. The van der Waals surface area contributed by atoms with E-state index in [-0.39, 0.29) is 12.1 Å². The zero-order valence-corrected chi connectivity index (χ0v) is 18.5. The number of carbonyl (C=O) groups is 2. The number of aliphatic carboxylic acids is 2. The molecular formula is C23H30N6O4. The molecule has 10 heteroatoms. The molecule has 6 atom stereocenters. The van der Waals surface area contributed by atoms with E-state index in [1.807, 2.05) is 30.3 Å². The van der Waals surface area contributed by atoms with E-state index >= 15 is 0 Å². The Morgan fingerprint density at radius 2 is 1.76 bits per heavy atom. The number of nitrogens with zero attached hydrogens (tertiary/aromatic N) is 5. The third-order valence-electron chi connectivity index (χ3n) is 7.68.